The van der Waals surface area contributed by atoms with Crippen LogP contribution in [0.3, 0.4) is 0 Å². The molecule has 3 heteroatoms. The van der Waals surface area contributed by atoms with Gasteiger partial charge in [-0.15, -0.1) is 0 Å². The van der Waals surface area contributed by atoms with Gasteiger partial charge < -0.3 is 5.11 Å². The van der Waals surface area contributed by atoms with E-state index in [-0.39, 0.29) is 0 Å². The average Bonchev–Trinajstić information content (AvgIpc) is 2.94. The summed E-state index contributed by atoms with van der Waals surface area (Å²) in [5.41, 5.74) is 3.14. The molecule has 1 fully saturated rings. The summed E-state index contributed by atoms with van der Waals surface area (Å²) >= 11 is 0. The lowest BCUT2D eigenvalue weighted by atomic mass is 9.78. The lowest BCUT2D eigenvalue weighted by Crippen LogP contribution is -2.37. The molecule has 2 aliphatic rings. The number of fused-ring (bicyclic) bond motifs is 3. The van der Waals surface area contributed by atoms with E-state index < -0.39 is 5.60 Å². The van der Waals surface area contributed by atoms with Gasteiger partial charge in [-0.3, -0.25) is 4.68 Å². The minimum absolute atomic E-state index is 0.320. The lowest BCUT2D eigenvalue weighted by Gasteiger charge is -2.33. The van der Waals surface area contributed by atoms with E-state index in [1.165, 1.54) is 11.1 Å². The minimum atomic E-state index is -0.701. The zero-order valence-electron chi connectivity index (χ0n) is 11.8. The fourth-order valence-electron chi connectivity index (χ4n) is 4.28. The molecule has 1 heterocycles. The molecule has 4 rings (SSSR count). The van der Waals surface area contributed by atoms with Gasteiger partial charge in [0.1, 0.15) is 0 Å². The number of aromatic nitrogens is 2. The summed E-state index contributed by atoms with van der Waals surface area (Å²) in [6.07, 6.45) is 8.04. The van der Waals surface area contributed by atoms with Gasteiger partial charge in [-0.2, -0.15) is 5.10 Å². The van der Waals surface area contributed by atoms with Crippen molar-refractivity contribution in [3.05, 3.63) is 53.3 Å². The number of nitrogens with zero attached hydrogens (tertiary/aromatic N) is 2. The quantitative estimate of drug-likeness (QED) is 0.862. The molecule has 0 spiro atoms. The molecule has 0 amide bonds. The Labute approximate surface area is 119 Å². The number of hydrogen-bond donors (Lipinski definition) is 1. The maximum absolute atomic E-state index is 11.5. The average molecular weight is 268 g/mol. The molecule has 104 valence electrons. The summed E-state index contributed by atoms with van der Waals surface area (Å²) in [6, 6.07) is 8.67. The Hall–Kier alpha value is -1.61. The van der Waals surface area contributed by atoms with Crippen LogP contribution in [0.1, 0.15) is 29.5 Å². The highest BCUT2D eigenvalue weighted by molar-refractivity contribution is 5.34. The fourth-order valence-corrected chi connectivity index (χ4v) is 4.28. The van der Waals surface area contributed by atoms with Crippen LogP contribution in [0.25, 0.3) is 0 Å². The molecule has 2 aromatic rings. The second-order valence-corrected chi connectivity index (χ2v) is 6.38. The predicted octanol–water partition coefficient (Wildman–Crippen LogP) is 2.43. The van der Waals surface area contributed by atoms with E-state index in [4.69, 9.17) is 0 Å². The zero-order valence-corrected chi connectivity index (χ0v) is 11.8. The van der Waals surface area contributed by atoms with E-state index in [1.54, 1.807) is 4.68 Å². The largest absolute Gasteiger partial charge is 0.384 e. The second kappa shape index (κ2) is 4.19. The standard InChI is InChI=1S/C17H20N2O/c1-19-11-16(10-18-19)17(20)14-6-7-15(17)9-13-5-3-2-4-12(13)8-14/h2-5,10-11,14-15,20H,6-9H2,1H3. The number of rotatable bonds is 1. The van der Waals surface area contributed by atoms with Crippen LogP contribution in [0.5, 0.6) is 0 Å². The molecule has 0 saturated heterocycles. The van der Waals surface area contributed by atoms with Gasteiger partial charge in [-0.25, -0.2) is 0 Å². The monoisotopic (exact) mass is 268 g/mol. The van der Waals surface area contributed by atoms with Gasteiger partial charge >= 0.3 is 0 Å². The molecule has 1 aromatic carbocycles. The Balaban J connectivity index is 1.81. The van der Waals surface area contributed by atoms with Crippen LogP contribution in [0.4, 0.5) is 0 Å². The molecule has 2 atom stereocenters. The number of aryl methyl sites for hydroxylation is 1. The Kier molecular flexibility index (Phi) is 2.55. The van der Waals surface area contributed by atoms with E-state index in [9.17, 15) is 5.11 Å². The molecule has 2 aliphatic carbocycles. The van der Waals surface area contributed by atoms with Gasteiger partial charge in [0.2, 0.25) is 0 Å². The van der Waals surface area contributed by atoms with Crippen molar-refractivity contribution in [3.8, 4) is 0 Å². The zero-order chi connectivity index (χ0) is 13.7. The predicted molar refractivity (Wildman–Crippen MR) is 77.2 cm³/mol. The molecular weight excluding hydrogens is 248 g/mol. The van der Waals surface area contributed by atoms with Crippen LogP contribution >= 0.6 is 0 Å². The summed E-state index contributed by atoms with van der Waals surface area (Å²) in [5, 5.41) is 15.7. The number of hydrogen-bond acceptors (Lipinski definition) is 2. The van der Waals surface area contributed by atoms with Crippen molar-refractivity contribution in [1.82, 2.24) is 9.78 Å². The first-order valence-corrected chi connectivity index (χ1v) is 7.46. The first-order valence-electron chi connectivity index (χ1n) is 7.46. The Bertz CT molecular complexity index is 613. The Morgan fingerprint density at radius 3 is 2.25 bits per heavy atom. The van der Waals surface area contributed by atoms with Crippen LogP contribution < -0.4 is 0 Å². The smallest absolute Gasteiger partial charge is 0.0989 e. The van der Waals surface area contributed by atoms with Crippen LogP contribution in [-0.2, 0) is 25.5 Å². The third-order valence-electron chi connectivity index (χ3n) is 5.33. The van der Waals surface area contributed by atoms with Crippen molar-refractivity contribution in [2.75, 3.05) is 0 Å². The second-order valence-electron chi connectivity index (χ2n) is 6.38. The third-order valence-corrected chi connectivity index (χ3v) is 5.33. The van der Waals surface area contributed by atoms with Crippen LogP contribution in [0.2, 0.25) is 0 Å². The van der Waals surface area contributed by atoms with Crippen LogP contribution in [0.15, 0.2) is 36.7 Å². The van der Waals surface area contributed by atoms with E-state index >= 15 is 0 Å². The highest BCUT2D eigenvalue weighted by atomic mass is 16.3. The van der Waals surface area contributed by atoms with Crippen LogP contribution in [-0.4, -0.2) is 14.9 Å². The van der Waals surface area contributed by atoms with Crippen molar-refractivity contribution in [3.63, 3.8) is 0 Å². The summed E-state index contributed by atoms with van der Waals surface area (Å²) in [7, 11) is 1.92. The van der Waals surface area contributed by atoms with E-state index in [0.29, 0.717) is 11.8 Å². The van der Waals surface area contributed by atoms with E-state index in [1.807, 2.05) is 19.4 Å². The summed E-state index contributed by atoms with van der Waals surface area (Å²) < 4.78 is 1.80. The lowest BCUT2D eigenvalue weighted by molar-refractivity contribution is -0.0395. The maximum atomic E-state index is 11.5. The van der Waals surface area contributed by atoms with Crippen molar-refractivity contribution >= 4 is 0 Å². The molecule has 2 unspecified atom stereocenters. The summed E-state index contributed by atoms with van der Waals surface area (Å²) in [5.74, 6) is 0.640. The van der Waals surface area contributed by atoms with Gasteiger partial charge in [0.15, 0.2) is 0 Å². The topological polar surface area (TPSA) is 38.0 Å². The molecule has 3 nitrogen and oxygen atoms in total. The van der Waals surface area contributed by atoms with Crippen molar-refractivity contribution < 1.29 is 5.11 Å². The fraction of sp³-hybridized carbons (Fsp3) is 0.471. The van der Waals surface area contributed by atoms with Crippen LogP contribution in [0, 0.1) is 11.8 Å². The minimum Gasteiger partial charge on any atom is -0.384 e. The third kappa shape index (κ3) is 1.59. The Morgan fingerprint density at radius 1 is 1.15 bits per heavy atom. The van der Waals surface area contributed by atoms with Crippen molar-refractivity contribution in [2.45, 2.75) is 31.3 Å². The van der Waals surface area contributed by atoms with Crippen molar-refractivity contribution in [1.29, 1.82) is 0 Å². The molecule has 0 radical (unpaired) electrons. The first-order chi connectivity index (χ1) is 9.68. The van der Waals surface area contributed by atoms with Gasteiger partial charge in [-0.05, 0) is 48.6 Å². The summed E-state index contributed by atoms with van der Waals surface area (Å²) in [4.78, 5) is 0. The Morgan fingerprint density at radius 2 is 1.75 bits per heavy atom. The molecule has 20 heavy (non-hydrogen) atoms. The molecular formula is C17H20N2O. The SMILES string of the molecule is Cn1cc(C2(O)C3CCC2Cc2ccccc2C3)cn1. The molecule has 0 aliphatic heterocycles. The van der Waals surface area contributed by atoms with Gasteiger partial charge in [-0.1, -0.05) is 24.3 Å². The molecule has 1 aromatic heterocycles. The van der Waals surface area contributed by atoms with E-state index in [2.05, 4.69) is 29.4 Å². The van der Waals surface area contributed by atoms with Gasteiger partial charge in [0, 0.05) is 18.8 Å². The number of aliphatic hydroxyl groups is 1. The summed E-state index contributed by atoms with van der Waals surface area (Å²) in [6.45, 7) is 0. The highest BCUT2D eigenvalue weighted by Crippen LogP contribution is 2.52. The normalized spacial score (nSPS) is 31.9. The first kappa shape index (κ1) is 12.2. The highest BCUT2D eigenvalue weighted by Gasteiger charge is 2.51. The van der Waals surface area contributed by atoms with Crippen molar-refractivity contribution in [2.24, 2.45) is 18.9 Å². The van der Waals surface area contributed by atoms with E-state index in [0.717, 1.165) is 31.2 Å². The maximum Gasteiger partial charge on any atom is 0.0989 e. The van der Waals surface area contributed by atoms with Gasteiger partial charge in [0.25, 0.3) is 0 Å². The van der Waals surface area contributed by atoms with Gasteiger partial charge in [0.05, 0.1) is 11.8 Å². The molecule has 1 N–H and O–H groups in total. The molecule has 1 saturated carbocycles. The molecule has 2 bridgehead atoms. The number of benzene rings is 1.